The lowest BCUT2D eigenvalue weighted by molar-refractivity contribution is 0.355. The first-order valence-electron chi connectivity index (χ1n) is 7.30. The van der Waals surface area contributed by atoms with Gasteiger partial charge in [0.1, 0.15) is 0 Å². The molecule has 0 bridgehead atoms. The fourth-order valence-corrected chi connectivity index (χ4v) is 3.70. The highest BCUT2D eigenvalue weighted by molar-refractivity contribution is 7.10. The molecule has 104 valence electrons. The number of rotatable bonds is 4. The molecule has 1 saturated carbocycles. The third-order valence-electron chi connectivity index (χ3n) is 4.18. The number of nitriles is 1. The third-order valence-corrected chi connectivity index (χ3v) is 5.41. The van der Waals surface area contributed by atoms with Crippen LogP contribution < -0.4 is 5.32 Å². The van der Waals surface area contributed by atoms with Crippen molar-refractivity contribution in [3.63, 3.8) is 0 Å². The maximum atomic E-state index is 9.31. The van der Waals surface area contributed by atoms with E-state index in [9.17, 15) is 5.26 Å². The molecule has 0 radical (unpaired) electrons. The summed E-state index contributed by atoms with van der Waals surface area (Å²) >= 11 is 1.82. The summed E-state index contributed by atoms with van der Waals surface area (Å²) in [6.45, 7) is 5.52. The zero-order valence-corrected chi connectivity index (χ0v) is 12.8. The number of nitrogens with zero attached hydrogens (tertiary/aromatic N) is 1. The second-order valence-corrected chi connectivity index (χ2v) is 7.17. The molecule has 1 aliphatic carbocycles. The van der Waals surface area contributed by atoms with Crippen molar-refractivity contribution in [1.29, 1.82) is 5.26 Å². The van der Waals surface area contributed by atoms with Crippen LogP contribution in [-0.4, -0.2) is 12.6 Å². The molecule has 0 amide bonds. The van der Waals surface area contributed by atoms with E-state index < -0.39 is 0 Å². The molecule has 0 spiro atoms. The van der Waals surface area contributed by atoms with Crippen LogP contribution in [0.2, 0.25) is 0 Å². The highest BCUT2D eigenvalue weighted by Crippen LogP contribution is 2.28. The van der Waals surface area contributed by atoms with Gasteiger partial charge in [0, 0.05) is 22.9 Å². The third kappa shape index (κ3) is 3.81. The number of hydrogen-bond donors (Lipinski definition) is 1. The van der Waals surface area contributed by atoms with Crippen LogP contribution in [0.15, 0.2) is 17.5 Å². The van der Waals surface area contributed by atoms with Gasteiger partial charge >= 0.3 is 0 Å². The Morgan fingerprint density at radius 3 is 2.84 bits per heavy atom. The second-order valence-electron chi connectivity index (χ2n) is 6.22. The maximum Gasteiger partial charge on any atom is 0.0672 e. The lowest BCUT2D eigenvalue weighted by Crippen LogP contribution is -2.42. The van der Waals surface area contributed by atoms with E-state index in [1.165, 1.54) is 24.1 Å². The molecule has 1 heterocycles. The average molecular weight is 276 g/mol. The minimum atomic E-state index is 0.153. The SMILES string of the molecule is CC(C)(CNC1CCCCCC1C#N)c1cccs1. The van der Waals surface area contributed by atoms with Gasteiger partial charge in [-0.3, -0.25) is 0 Å². The van der Waals surface area contributed by atoms with Crippen molar-refractivity contribution in [2.75, 3.05) is 6.54 Å². The Balaban J connectivity index is 1.95. The van der Waals surface area contributed by atoms with Gasteiger partial charge in [0.05, 0.1) is 12.0 Å². The standard InChI is InChI=1S/C16H24N2S/c1-16(2,15-9-6-10-19-15)12-18-14-8-5-3-4-7-13(14)11-17/h6,9-10,13-14,18H,3-5,7-8,12H2,1-2H3. The zero-order valence-electron chi connectivity index (χ0n) is 12.0. The van der Waals surface area contributed by atoms with Crippen molar-refractivity contribution in [1.82, 2.24) is 5.32 Å². The monoisotopic (exact) mass is 276 g/mol. The van der Waals surface area contributed by atoms with Crippen molar-refractivity contribution in [3.8, 4) is 6.07 Å². The lowest BCUT2D eigenvalue weighted by Gasteiger charge is -2.29. The smallest absolute Gasteiger partial charge is 0.0672 e. The molecule has 0 aromatic carbocycles. The fourth-order valence-electron chi connectivity index (χ4n) is 2.84. The molecule has 1 fully saturated rings. The predicted octanol–water partition coefficient (Wildman–Crippen LogP) is 4.09. The summed E-state index contributed by atoms with van der Waals surface area (Å²) in [6, 6.07) is 7.21. The molecule has 2 unspecified atom stereocenters. The minimum Gasteiger partial charge on any atom is -0.312 e. The first-order chi connectivity index (χ1) is 9.13. The van der Waals surface area contributed by atoms with Crippen LogP contribution in [-0.2, 0) is 5.41 Å². The van der Waals surface area contributed by atoms with Crippen LogP contribution in [0.5, 0.6) is 0 Å². The van der Waals surface area contributed by atoms with E-state index in [1.807, 2.05) is 11.3 Å². The van der Waals surface area contributed by atoms with E-state index in [0.717, 1.165) is 19.4 Å². The summed E-state index contributed by atoms with van der Waals surface area (Å²) in [5, 5.41) is 15.1. The Bertz CT molecular complexity index is 416. The number of thiophene rings is 1. The quantitative estimate of drug-likeness (QED) is 0.841. The van der Waals surface area contributed by atoms with E-state index in [4.69, 9.17) is 0 Å². The van der Waals surface area contributed by atoms with Crippen LogP contribution in [0.25, 0.3) is 0 Å². The summed E-state index contributed by atoms with van der Waals surface area (Å²) in [7, 11) is 0. The Morgan fingerprint density at radius 1 is 1.37 bits per heavy atom. The van der Waals surface area contributed by atoms with E-state index >= 15 is 0 Å². The summed E-state index contributed by atoms with van der Waals surface area (Å²) < 4.78 is 0. The summed E-state index contributed by atoms with van der Waals surface area (Å²) in [4.78, 5) is 1.42. The van der Waals surface area contributed by atoms with Crippen LogP contribution in [0.1, 0.15) is 50.8 Å². The van der Waals surface area contributed by atoms with Gasteiger partial charge in [-0.25, -0.2) is 0 Å². The van der Waals surface area contributed by atoms with E-state index in [2.05, 4.69) is 42.7 Å². The first-order valence-corrected chi connectivity index (χ1v) is 8.18. The molecule has 19 heavy (non-hydrogen) atoms. The van der Waals surface area contributed by atoms with Gasteiger partial charge in [0.15, 0.2) is 0 Å². The molecule has 2 atom stereocenters. The molecule has 1 aromatic heterocycles. The fraction of sp³-hybridized carbons (Fsp3) is 0.688. The summed E-state index contributed by atoms with van der Waals surface area (Å²) in [5.41, 5.74) is 0.153. The molecule has 2 nitrogen and oxygen atoms in total. The minimum absolute atomic E-state index is 0.153. The van der Waals surface area contributed by atoms with Crippen molar-refractivity contribution < 1.29 is 0 Å². The molecule has 1 aliphatic rings. The average Bonchev–Trinajstić information content (AvgIpc) is 2.84. The van der Waals surface area contributed by atoms with E-state index in [1.54, 1.807) is 0 Å². The predicted molar refractivity (Wildman–Crippen MR) is 81.3 cm³/mol. The Hall–Kier alpha value is -0.850. The lowest BCUT2D eigenvalue weighted by atomic mass is 9.89. The molecule has 2 rings (SSSR count). The zero-order chi connectivity index (χ0) is 13.7. The Kier molecular flexibility index (Phi) is 5.01. The molecular weight excluding hydrogens is 252 g/mol. The number of hydrogen-bond acceptors (Lipinski definition) is 3. The molecule has 0 saturated heterocycles. The van der Waals surface area contributed by atoms with Gasteiger partial charge in [-0.1, -0.05) is 39.2 Å². The van der Waals surface area contributed by atoms with Gasteiger partial charge in [0.25, 0.3) is 0 Å². The highest BCUT2D eigenvalue weighted by Gasteiger charge is 2.27. The highest BCUT2D eigenvalue weighted by atomic mass is 32.1. The largest absolute Gasteiger partial charge is 0.312 e. The van der Waals surface area contributed by atoms with E-state index in [-0.39, 0.29) is 11.3 Å². The number of nitrogens with one attached hydrogen (secondary N) is 1. The normalized spacial score (nSPS) is 24.7. The molecule has 1 aromatic rings. The van der Waals surface area contributed by atoms with Crippen LogP contribution in [0.4, 0.5) is 0 Å². The van der Waals surface area contributed by atoms with Crippen molar-refractivity contribution in [2.45, 2.75) is 57.4 Å². The Labute approximate surface area is 120 Å². The van der Waals surface area contributed by atoms with Gasteiger partial charge in [-0.2, -0.15) is 5.26 Å². The Morgan fingerprint density at radius 2 is 2.16 bits per heavy atom. The second kappa shape index (κ2) is 6.54. The topological polar surface area (TPSA) is 35.8 Å². The molecule has 1 N–H and O–H groups in total. The van der Waals surface area contributed by atoms with Crippen molar-refractivity contribution >= 4 is 11.3 Å². The molecular formula is C16H24N2S. The van der Waals surface area contributed by atoms with Crippen molar-refractivity contribution in [2.24, 2.45) is 5.92 Å². The van der Waals surface area contributed by atoms with Gasteiger partial charge in [0.2, 0.25) is 0 Å². The van der Waals surface area contributed by atoms with Gasteiger partial charge in [-0.05, 0) is 24.3 Å². The van der Waals surface area contributed by atoms with Gasteiger partial charge < -0.3 is 5.32 Å². The summed E-state index contributed by atoms with van der Waals surface area (Å²) in [5.74, 6) is 0.196. The van der Waals surface area contributed by atoms with Gasteiger partial charge in [-0.15, -0.1) is 11.3 Å². The van der Waals surface area contributed by atoms with Crippen LogP contribution in [0, 0.1) is 17.2 Å². The van der Waals surface area contributed by atoms with E-state index in [0.29, 0.717) is 6.04 Å². The van der Waals surface area contributed by atoms with Crippen molar-refractivity contribution in [3.05, 3.63) is 22.4 Å². The molecule has 0 aliphatic heterocycles. The summed E-state index contributed by atoms with van der Waals surface area (Å²) in [6.07, 6.45) is 5.97. The molecule has 3 heteroatoms. The maximum absolute atomic E-state index is 9.31. The van der Waals surface area contributed by atoms with Crippen LogP contribution in [0.3, 0.4) is 0 Å². The first kappa shape index (κ1) is 14.6. The van der Waals surface area contributed by atoms with Crippen LogP contribution >= 0.6 is 11.3 Å².